The molecule has 0 atom stereocenters. The SMILES string of the molecule is [3H]Cc1c([3H])c([3H])c(S(=O)(=O)OCCOCCOCCOc2ccc3nc(-c4ccc(N5CCOCC5)cc4)ccc3c2)c([3H])c1[3H]. The Kier molecular flexibility index (Phi) is 8.31. The average Bonchev–Trinajstić information content (AvgIpc) is 3.08. The van der Waals surface area contributed by atoms with E-state index in [-0.39, 0.29) is 32.0 Å². The van der Waals surface area contributed by atoms with E-state index in [0.29, 0.717) is 19.0 Å². The van der Waals surface area contributed by atoms with Crippen LogP contribution in [0.5, 0.6) is 5.75 Å². The van der Waals surface area contributed by atoms with Gasteiger partial charge in [-0.1, -0.05) is 35.8 Å². The van der Waals surface area contributed by atoms with E-state index in [0.717, 1.165) is 48.5 Å². The van der Waals surface area contributed by atoms with Gasteiger partial charge in [0.1, 0.15) is 12.4 Å². The van der Waals surface area contributed by atoms with Crippen LogP contribution in [0.25, 0.3) is 22.2 Å². The van der Waals surface area contributed by atoms with Crippen LogP contribution < -0.4 is 9.64 Å². The Morgan fingerprint density at radius 1 is 0.881 bits per heavy atom. The number of fused-ring (bicyclic) bond motifs is 1. The van der Waals surface area contributed by atoms with Gasteiger partial charge in [-0.15, -0.1) is 0 Å². The zero-order chi connectivity index (χ0) is 33.4. The smallest absolute Gasteiger partial charge is 0.297 e. The Labute approximate surface area is 254 Å². The summed E-state index contributed by atoms with van der Waals surface area (Å²) in [6, 6.07) is 15.5. The van der Waals surface area contributed by atoms with Gasteiger partial charge in [0, 0.05) is 31.1 Å². The molecule has 0 bridgehead atoms. The highest BCUT2D eigenvalue weighted by Gasteiger charge is 2.14. The molecule has 0 N–H and O–H groups in total. The Morgan fingerprint density at radius 3 is 2.33 bits per heavy atom. The van der Waals surface area contributed by atoms with E-state index >= 15 is 0 Å². The van der Waals surface area contributed by atoms with Gasteiger partial charge >= 0.3 is 0 Å². The molecule has 0 aliphatic carbocycles. The van der Waals surface area contributed by atoms with Crippen LogP contribution in [0, 0.1) is 6.90 Å². The minimum absolute atomic E-state index is 0.0986. The highest BCUT2D eigenvalue weighted by atomic mass is 32.2. The predicted octanol–water partition coefficient (Wildman–Crippen LogP) is 4.86. The molecule has 4 aromatic rings. The summed E-state index contributed by atoms with van der Waals surface area (Å²) in [4.78, 5) is 6.28. The molecule has 1 fully saturated rings. The molecular formula is C32H36N2O7S. The summed E-state index contributed by atoms with van der Waals surface area (Å²) in [5.41, 5.74) is 3.81. The van der Waals surface area contributed by atoms with Crippen molar-refractivity contribution in [3.05, 3.63) is 84.3 Å². The van der Waals surface area contributed by atoms with E-state index in [1.807, 2.05) is 30.3 Å². The Morgan fingerprint density at radius 2 is 1.60 bits per heavy atom. The highest BCUT2D eigenvalue weighted by molar-refractivity contribution is 7.86. The van der Waals surface area contributed by atoms with Crippen LogP contribution in [0.2, 0.25) is 0 Å². The number of morpholine rings is 1. The summed E-state index contributed by atoms with van der Waals surface area (Å²) >= 11 is 0. The fourth-order valence-corrected chi connectivity index (χ4v) is 5.03. The number of rotatable bonds is 14. The second-order valence-corrected chi connectivity index (χ2v) is 10.9. The molecule has 0 unspecified atom stereocenters. The average molecular weight is 603 g/mol. The number of aromatic nitrogens is 1. The number of hydrogen-bond acceptors (Lipinski definition) is 9. The molecule has 0 radical (unpaired) electrons. The maximum atomic E-state index is 12.5. The normalized spacial score (nSPS) is 15.5. The van der Waals surface area contributed by atoms with Crippen molar-refractivity contribution >= 4 is 26.7 Å². The van der Waals surface area contributed by atoms with Gasteiger partial charge in [0.25, 0.3) is 10.1 Å². The van der Waals surface area contributed by atoms with Gasteiger partial charge in [-0.25, -0.2) is 4.98 Å². The molecule has 1 aliphatic heterocycles. The van der Waals surface area contributed by atoms with Crippen molar-refractivity contribution in [2.24, 2.45) is 0 Å². The van der Waals surface area contributed by atoms with E-state index in [9.17, 15) is 8.42 Å². The first-order valence-electron chi connectivity index (χ1n) is 16.3. The molecule has 1 aromatic heterocycles. The summed E-state index contributed by atoms with van der Waals surface area (Å²) < 4.78 is 90.9. The van der Waals surface area contributed by atoms with Gasteiger partial charge in [0.2, 0.25) is 0 Å². The third kappa shape index (κ3) is 8.27. The molecule has 0 amide bonds. The van der Waals surface area contributed by atoms with Crippen LogP contribution in [0.1, 0.15) is 12.4 Å². The van der Waals surface area contributed by atoms with Gasteiger partial charge in [0.05, 0.1) is 67.8 Å². The van der Waals surface area contributed by atoms with Crippen LogP contribution in [-0.4, -0.2) is 79.3 Å². The van der Waals surface area contributed by atoms with Crippen molar-refractivity contribution in [2.45, 2.75) is 11.8 Å². The van der Waals surface area contributed by atoms with Crippen molar-refractivity contribution in [2.75, 3.05) is 70.8 Å². The maximum absolute atomic E-state index is 12.5. The quantitative estimate of drug-likeness (QED) is 0.148. The van der Waals surface area contributed by atoms with E-state index < -0.39 is 46.1 Å². The third-order valence-corrected chi connectivity index (χ3v) is 7.62. The van der Waals surface area contributed by atoms with Crippen molar-refractivity contribution in [3.63, 3.8) is 0 Å². The number of pyridine rings is 1. The lowest BCUT2D eigenvalue weighted by Gasteiger charge is -2.28. The molecule has 222 valence electrons. The van der Waals surface area contributed by atoms with Gasteiger partial charge in [-0.05, 0) is 55.4 Å². The summed E-state index contributed by atoms with van der Waals surface area (Å²) in [6.07, 6.45) is 0. The minimum Gasteiger partial charge on any atom is -0.491 e. The van der Waals surface area contributed by atoms with Gasteiger partial charge in [-0.3, -0.25) is 4.18 Å². The van der Waals surface area contributed by atoms with E-state index in [4.69, 9.17) is 35.0 Å². The zero-order valence-electron chi connectivity index (χ0n) is 28.1. The standard InChI is InChI=1S/C32H36N2O7S/c1-25-2-10-30(11-3-25)42(35,36)41-23-21-39-19-18-38-20-22-40-29-9-13-32-27(24-29)6-12-31(33-32)26-4-7-28(8-5-26)34-14-16-37-17-15-34/h2-13,24H,14-23H2,1H3/i1T,2T,3T,10T,11T. The van der Waals surface area contributed by atoms with Crippen LogP contribution in [0.3, 0.4) is 0 Å². The molecule has 2 heterocycles. The summed E-state index contributed by atoms with van der Waals surface area (Å²) in [6.45, 7) is 3.33. The molecule has 1 saturated heterocycles. The van der Waals surface area contributed by atoms with Crippen molar-refractivity contribution in [3.8, 4) is 17.0 Å². The number of anilines is 1. The highest BCUT2D eigenvalue weighted by Crippen LogP contribution is 2.26. The number of ether oxygens (including phenoxy) is 4. The van der Waals surface area contributed by atoms with Crippen molar-refractivity contribution < 1.29 is 38.4 Å². The van der Waals surface area contributed by atoms with Crippen LogP contribution in [0.15, 0.2) is 83.7 Å². The lowest BCUT2D eigenvalue weighted by molar-refractivity contribution is 0.0279. The minimum atomic E-state index is -4.57. The molecule has 1 aliphatic rings. The predicted molar refractivity (Wildman–Crippen MR) is 162 cm³/mol. The molecule has 10 heteroatoms. The van der Waals surface area contributed by atoms with E-state index in [1.165, 1.54) is 5.69 Å². The van der Waals surface area contributed by atoms with Crippen molar-refractivity contribution in [1.82, 2.24) is 4.98 Å². The molecule has 0 spiro atoms. The second-order valence-electron chi connectivity index (χ2n) is 9.35. The van der Waals surface area contributed by atoms with Crippen LogP contribution in [0.4, 0.5) is 5.69 Å². The largest absolute Gasteiger partial charge is 0.491 e. The van der Waals surface area contributed by atoms with Crippen LogP contribution >= 0.6 is 0 Å². The van der Waals surface area contributed by atoms with Gasteiger partial charge in [-0.2, -0.15) is 8.42 Å². The number of nitrogens with zero attached hydrogens (tertiary/aromatic N) is 2. The van der Waals surface area contributed by atoms with Crippen molar-refractivity contribution in [1.29, 1.82) is 0 Å². The second kappa shape index (κ2) is 14.6. The first-order valence-corrected chi connectivity index (χ1v) is 15.0. The van der Waals surface area contributed by atoms with Gasteiger partial charge < -0.3 is 23.8 Å². The Balaban J connectivity index is 0.999. The molecule has 42 heavy (non-hydrogen) atoms. The lowest BCUT2D eigenvalue weighted by atomic mass is 10.1. The number of hydrogen-bond donors (Lipinski definition) is 0. The lowest BCUT2D eigenvalue weighted by Crippen LogP contribution is -2.36. The maximum Gasteiger partial charge on any atom is 0.297 e. The molecule has 0 saturated carbocycles. The number of benzene rings is 3. The molecule has 3 aromatic carbocycles. The summed E-state index contributed by atoms with van der Waals surface area (Å²) in [5.74, 6) is 0.691. The van der Waals surface area contributed by atoms with E-state index in [1.54, 1.807) is 0 Å². The van der Waals surface area contributed by atoms with Crippen LogP contribution in [-0.2, 0) is 28.5 Å². The summed E-state index contributed by atoms with van der Waals surface area (Å²) in [5, 5.41) is 0.956. The molecular weight excluding hydrogens is 556 g/mol. The fourth-order valence-electron chi connectivity index (χ4n) is 4.27. The summed E-state index contributed by atoms with van der Waals surface area (Å²) in [7, 11) is -4.57. The Bertz CT molecular complexity index is 1760. The monoisotopic (exact) mass is 602 g/mol. The van der Waals surface area contributed by atoms with E-state index in [2.05, 4.69) is 29.2 Å². The topological polar surface area (TPSA) is 96.4 Å². The molecule has 5 rings (SSSR count). The third-order valence-electron chi connectivity index (χ3n) is 6.44. The van der Waals surface area contributed by atoms with Gasteiger partial charge in [0.15, 0.2) is 0 Å². The Hall–Kier alpha value is -3.54. The first-order chi connectivity index (χ1) is 22.7. The fraction of sp³-hybridized carbons (Fsp3) is 0.344. The first kappa shape index (κ1) is 24.0. The molecule has 9 nitrogen and oxygen atoms in total. The zero-order valence-corrected chi connectivity index (χ0v) is 24.0.